The Bertz CT molecular complexity index is 1260. The predicted molar refractivity (Wildman–Crippen MR) is 105 cm³/mol. The van der Waals surface area contributed by atoms with Gasteiger partial charge in [0, 0.05) is 22.9 Å². The number of hydrogen-bond donors (Lipinski definition) is 2. The average molecular weight is 375 g/mol. The van der Waals surface area contributed by atoms with Gasteiger partial charge in [0.1, 0.15) is 5.76 Å². The predicted octanol–water partition coefficient (Wildman–Crippen LogP) is 4.20. The molecule has 0 saturated heterocycles. The van der Waals surface area contributed by atoms with Crippen LogP contribution >= 0.6 is 0 Å². The highest BCUT2D eigenvalue weighted by Crippen LogP contribution is 2.47. The molecule has 0 aliphatic heterocycles. The Morgan fingerprint density at radius 3 is 2.64 bits per heavy atom. The smallest absolute Gasteiger partial charge is 0.323 e. The van der Waals surface area contributed by atoms with E-state index in [0.717, 1.165) is 44.9 Å². The van der Waals surface area contributed by atoms with Crippen LogP contribution in [0, 0.1) is 13.8 Å². The lowest BCUT2D eigenvalue weighted by molar-refractivity contribution is 0.393. The quantitative estimate of drug-likeness (QED) is 0.559. The molecule has 0 atom stereocenters. The Labute approximate surface area is 160 Å². The van der Waals surface area contributed by atoms with Gasteiger partial charge >= 0.3 is 5.69 Å². The molecule has 2 aliphatic rings. The number of nitrogens with one attached hydrogen (secondary N) is 2. The average Bonchev–Trinajstić information content (AvgIpc) is 3.59. The van der Waals surface area contributed by atoms with Crippen LogP contribution in [0.2, 0.25) is 0 Å². The van der Waals surface area contributed by atoms with Crippen LogP contribution in [0.4, 0.5) is 0 Å². The Hall–Kier alpha value is -3.09. The number of aryl methyl sites for hydroxylation is 2. The summed E-state index contributed by atoms with van der Waals surface area (Å²) in [5, 5.41) is 9.07. The number of nitrogens with zero attached hydrogens (tertiary/aromatic N) is 3. The van der Waals surface area contributed by atoms with E-state index in [2.05, 4.69) is 32.1 Å². The summed E-state index contributed by atoms with van der Waals surface area (Å²) in [6.45, 7) is 3.85. The molecule has 0 spiro atoms. The van der Waals surface area contributed by atoms with E-state index in [1.54, 1.807) is 0 Å². The molecule has 2 aliphatic carbocycles. The maximum Gasteiger partial charge on any atom is 0.323 e. The Kier molecular flexibility index (Phi) is 3.11. The van der Waals surface area contributed by atoms with Crippen molar-refractivity contribution in [3.05, 3.63) is 45.8 Å². The lowest BCUT2D eigenvalue weighted by Gasteiger charge is -2.07. The second-order valence-corrected chi connectivity index (χ2v) is 8.14. The molecule has 7 heteroatoms. The summed E-state index contributed by atoms with van der Waals surface area (Å²) in [5.74, 6) is 1.34. The first kappa shape index (κ1) is 15.9. The molecule has 2 N–H and O–H groups in total. The van der Waals surface area contributed by atoms with Crippen LogP contribution in [0.1, 0.15) is 54.7 Å². The van der Waals surface area contributed by atoms with Crippen molar-refractivity contribution in [1.82, 2.24) is 24.9 Å². The maximum absolute atomic E-state index is 12.1. The van der Waals surface area contributed by atoms with Gasteiger partial charge in [-0.1, -0.05) is 5.16 Å². The van der Waals surface area contributed by atoms with Crippen LogP contribution in [0.5, 0.6) is 0 Å². The molecule has 0 bridgehead atoms. The maximum atomic E-state index is 12.1. The van der Waals surface area contributed by atoms with Gasteiger partial charge in [-0.15, -0.1) is 0 Å². The molecular formula is C21H21N5O2. The van der Waals surface area contributed by atoms with Gasteiger partial charge in [0.05, 0.1) is 28.5 Å². The summed E-state index contributed by atoms with van der Waals surface area (Å²) in [7, 11) is 0. The van der Waals surface area contributed by atoms with Crippen molar-refractivity contribution in [2.24, 2.45) is 0 Å². The summed E-state index contributed by atoms with van der Waals surface area (Å²) in [5.41, 5.74) is 7.43. The zero-order valence-corrected chi connectivity index (χ0v) is 15.9. The van der Waals surface area contributed by atoms with Gasteiger partial charge in [0.25, 0.3) is 0 Å². The van der Waals surface area contributed by atoms with E-state index in [1.165, 1.54) is 31.2 Å². The molecule has 142 valence electrons. The minimum Gasteiger partial charge on any atom is -0.361 e. The van der Waals surface area contributed by atoms with Crippen LogP contribution in [-0.4, -0.2) is 24.9 Å². The molecule has 0 unspecified atom stereocenters. The van der Waals surface area contributed by atoms with Crippen molar-refractivity contribution in [2.45, 2.75) is 51.5 Å². The summed E-state index contributed by atoms with van der Waals surface area (Å²) < 4.78 is 7.51. The second-order valence-electron chi connectivity index (χ2n) is 8.14. The number of aromatic amines is 2. The first-order valence-electron chi connectivity index (χ1n) is 9.87. The van der Waals surface area contributed by atoms with E-state index in [9.17, 15) is 4.79 Å². The molecule has 28 heavy (non-hydrogen) atoms. The molecule has 0 radical (unpaired) electrons. The molecule has 6 rings (SSSR count). The van der Waals surface area contributed by atoms with Gasteiger partial charge in [-0.25, -0.2) is 4.79 Å². The third-order valence-electron chi connectivity index (χ3n) is 5.90. The van der Waals surface area contributed by atoms with Crippen molar-refractivity contribution >= 4 is 11.0 Å². The van der Waals surface area contributed by atoms with Gasteiger partial charge in [0.15, 0.2) is 0 Å². The van der Waals surface area contributed by atoms with Crippen molar-refractivity contribution < 1.29 is 4.52 Å². The highest BCUT2D eigenvalue weighted by molar-refractivity contribution is 5.96. The van der Waals surface area contributed by atoms with Crippen LogP contribution in [0.25, 0.3) is 33.4 Å². The van der Waals surface area contributed by atoms with Gasteiger partial charge in [-0.3, -0.25) is 4.68 Å². The molecule has 4 aromatic rings. The lowest BCUT2D eigenvalue weighted by Crippen LogP contribution is -1.99. The molecule has 2 fully saturated rings. The Morgan fingerprint density at radius 1 is 1.14 bits per heavy atom. The Morgan fingerprint density at radius 2 is 1.96 bits per heavy atom. The minimum absolute atomic E-state index is 0.207. The summed E-state index contributed by atoms with van der Waals surface area (Å²) in [6, 6.07) is 4.62. The third-order valence-corrected chi connectivity index (χ3v) is 5.90. The normalized spacial score (nSPS) is 16.9. The molecule has 2 saturated carbocycles. The molecule has 1 aromatic carbocycles. The third kappa shape index (κ3) is 2.38. The summed E-state index contributed by atoms with van der Waals surface area (Å²) in [4.78, 5) is 18.0. The van der Waals surface area contributed by atoms with Crippen LogP contribution in [0.3, 0.4) is 0 Å². The van der Waals surface area contributed by atoms with Gasteiger partial charge in [-0.2, -0.15) is 5.10 Å². The number of hydrogen-bond acceptors (Lipinski definition) is 4. The van der Waals surface area contributed by atoms with Crippen LogP contribution in [0.15, 0.2) is 27.6 Å². The molecule has 3 heterocycles. The minimum atomic E-state index is -0.207. The van der Waals surface area contributed by atoms with Gasteiger partial charge in [-0.05, 0) is 63.1 Å². The van der Waals surface area contributed by atoms with E-state index < -0.39 is 0 Å². The summed E-state index contributed by atoms with van der Waals surface area (Å²) >= 11 is 0. The Balaban J connectivity index is 1.63. The first-order valence-corrected chi connectivity index (χ1v) is 9.87. The van der Waals surface area contributed by atoms with Gasteiger partial charge < -0.3 is 14.5 Å². The lowest BCUT2D eigenvalue weighted by atomic mass is 9.97. The number of imidazole rings is 1. The fourth-order valence-electron chi connectivity index (χ4n) is 4.20. The fourth-order valence-corrected chi connectivity index (χ4v) is 4.20. The SMILES string of the molecule is Cc1noc(C)c1-c1cc(-c2nn(C3CC3)cc2C2CC2)c2[nH]c(=O)[nH]c2c1. The highest BCUT2D eigenvalue weighted by Gasteiger charge is 2.33. The van der Waals surface area contributed by atoms with Crippen molar-refractivity contribution in [3.63, 3.8) is 0 Å². The van der Waals surface area contributed by atoms with Gasteiger partial charge in [0.2, 0.25) is 0 Å². The van der Waals surface area contributed by atoms with Crippen molar-refractivity contribution in [3.8, 4) is 22.4 Å². The molecule has 7 nitrogen and oxygen atoms in total. The monoisotopic (exact) mass is 375 g/mol. The molecule has 0 amide bonds. The number of benzene rings is 1. The van der Waals surface area contributed by atoms with Crippen LogP contribution in [-0.2, 0) is 0 Å². The largest absolute Gasteiger partial charge is 0.361 e. The van der Waals surface area contributed by atoms with E-state index in [1.807, 2.05) is 19.9 Å². The first-order chi connectivity index (χ1) is 13.6. The van der Waals surface area contributed by atoms with E-state index in [0.29, 0.717) is 12.0 Å². The van der Waals surface area contributed by atoms with Crippen molar-refractivity contribution in [2.75, 3.05) is 0 Å². The fraction of sp³-hybridized carbons (Fsp3) is 0.381. The van der Waals surface area contributed by atoms with E-state index in [4.69, 9.17) is 9.62 Å². The number of fused-ring (bicyclic) bond motifs is 1. The highest BCUT2D eigenvalue weighted by atomic mass is 16.5. The number of aromatic nitrogens is 5. The summed E-state index contributed by atoms with van der Waals surface area (Å²) in [6.07, 6.45) is 7.03. The standard InChI is InChI=1S/C21H21N5O2/c1-10-18(11(2)28-25-10)13-7-15(20-17(8-13)22-21(27)23-20)19-16(12-3-4-12)9-26(24-19)14-5-6-14/h7-9,12,14H,3-6H2,1-2H3,(H2,22,23,27). The number of H-pyrrole nitrogens is 2. The van der Waals surface area contributed by atoms with Crippen molar-refractivity contribution in [1.29, 1.82) is 0 Å². The number of rotatable bonds is 4. The zero-order valence-electron chi connectivity index (χ0n) is 15.9. The molecule has 3 aromatic heterocycles. The molecular weight excluding hydrogens is 354 g/mol. The topological polar surface area (TPSA) is 92.5 Å². The van der Waals surface area contributed by atoms with E-state index >= 15 is 0 Å². The van der Waals surface area contributed by atoms with Crippen LogP contribution < -0.4 is 5.69 Å². The second kappa shape index (κ2) is 5.47. The van der Waals surface area contributed by atoms with E-state index in [-0.39, 0.29) is 5.69 Å². The zero-order chi connectivity index (χ0) is 19.0.